The van der Waals surface area contributed by atoms with Gasteiger partial charge in [0.05, 0.1) is 6.61 Å². The summed E-state index contributed by atoms with van der Waals surface area (Å²) in [5, 5.41) is 9.61. The van der Waals surface area contributed by atoms with Crippen molar-refractivity contribution in [2.24, 2.45) is 0 Å². The topological polar surface area (TPSA) is 64.4 Å². The summed E-state index contributed by atoms with van der Waals surface area (Å²) in [6.45, 7) is 2.86. The molecular formula is C12H18N2O3. The first kappa shape index (κ1) is 13.3. The van der Waals surface area contributed by atoms with Crippen LogP contribution in [0.3, 0.4) is 0 Å². The molecule has 1 aromatic carbocycles. The number of nitrogens with one attached hydrogen (secondary N) is 1. The van der Waals surface area contributed by atoms with Gasteiger partial charge in [-0.05, 0) is 30.7 Å². The quantitative estimate of drug-likeness (QED) is 0.429. The van der Waals surface area contributed by atoms with Gasteiger partial charge in [-0.3, -0.25) is 0 Å². The summed E-state index contributed by atoms with van der Waals surface area (Å²) < 4.78 is 5.51. The van der Waals surface area contributed by atoms with E-state index in [1.807, 2.05) is 0 Å². The van der Waals surface area contributed by atoms with Crippen molar-refractivity contribution in [2.45, 2.75) is 32.6 Å². The molecule has 0 spiro atoms. The number of anilines is 1. The summed E-state index contributed by atoms with van der Waals surface area (Å²) in [5.41, 5.74) is 2.53. The van der Waals surface area contributed by atoms with Crippen LogP contribution in [-0.2, 0) is 0 Å². The third-order valence-corrected chi connectivity index (χ3v) is 2.34. The molecule has 17 heavy (non-hydrogen) atoms. The number of hydrazine groups is 1. The van der Waals surface area contributed by atoms with Crippen LogP contribution >= 0.6 is 0 Å². The Bertz CT molecular complexity index is 338. The molecule has 0 atom stereocenters. The van der Waals surface area contributed by atoms with Gasteiger partial charge in [0.15, 0.2) is 5.03 Å². The van der Waals surface area contributed by atoms with E-state index < -0.39 is 5.03 Å². The van der Waals surface area contributed by atoms with Crippen LogP contribution in [0, 0.1) is 10.1 Å². The van der Waals surface area contributed by atoms with Crippen LogP contribution in [0.2, 0.25) is 0 Å². The van der Waals surface area contributed by atoms with Gasteiger partial charge in [0.1, 0.15) is 11.4 Å². The normalized spacial score (nSPS) is 9.94. The van der Waals surface area contributed by atoms with E-state index in [4.69, 9.17) is 4.74 Å². The number of hydrogen-bond donors (Lipinski definition) is 1. The fourth-order valence-electron chi connectivity index (χ4n) is 1.45. The summed E-state index contributed by atoms with van der Waals surface area (Å²) in [5.74, 6) is 0.746. The highest BCUT2D eigenvalue weighted by Gasteiger charge is 1.99. The Morgan fingerprint density at radius 3 is 2.53 bits per heavy atom. The van der Waals surface area contributed by atoms with Crippen LogP contribution in [-0.4, -0.2) is 11.6 Å². The lowest BCUT2D eigenvalue weighted by Gasteiger charge is -2.06. The number of hydrogen-bond acceptors (Lipinski definition) is 3. The molecule has 5 nitrogen and oxygen atoms in total. The van der Waals surface area contributed by atoms with Gasteiger partial charge in [-0.1, -0.05) is 26.2 Å². The smallest absolute Gasteiger partial charge is 0.162 e. The molecule has 0 aliphatic carbocycles. The minimum absolute atomic E-state index is 0.452. The molecular weight excluding hydrogens is 220 g/mol. The van der Waals surface area contributed by atoms with E-state index >= 15 is 0 Å². The molecule has 0 unspecified atom stereocenters. The molecule has 1 aromatic rings. The number of ether oxygens (including phenoxy) is 1. The third kappa shape index (κ3) is 5.75. The molecule has 0 aliphatic rings. The van der Waals surface area contributed by atoms with Crippen LogP contribution in [0.15, 0.2) is 24.3 Å². The maximum absolute atomic E-state index is 10.2. The standard InChI is InChI=1S/C12H18N2O3/c1-2-3-4-5-10-17-12-8-6-11(7-9-12)13-14(15)16/h6-9,13H,2-5,10H2,1H3. The van der Waals surface area contributed by atoms with E-state index in [9.17, 15) is 10.1 Å². The molecule has 0 saturated carbocycles. The highest BCUT2D eigenvalue weighted by atomic mass is 16.7. The minimum atomic E-state index is -0.583. The number of benzene rings is 1. The maximum Gasteiger partial charge on any atom is 0.162 e. The highest BCUT2D eigenvalue weighted by Crippen LogP contribution is 2.16. The second kappa shape index (κ2) is 7.49. The van der Waals surface area contributed by atoms with E-state index in [1.165, 1.54) is 19.3 Å². The molecule has 0 fully saturated rings. The zero-order valence-corrected chi connectivity index (χ0v) is 10.0. The number of nitrogens with zero attached hydrogens (tertiary/aromatic N) is 1. The van der Waals surface area contributed by atoms with Gasteiger partial charge in [0.25, 0.3) is 0 Å². The van der Waals surface area contributed by atoms with Crippen molar-refractivity contribution in [3.8, 4) is 5.75 Å². The molecule has 94 valence electrons. The molecule has 1 rings (SSSR count). The van der Waals surface area contributed by atoms with Crippen LogP contribution in [0.4, 0.5) is 5.69 Å². The van der Waals surface area contributed by atoms with Crippen molar-refractivity contribution in [2.75, 3.05) is 12.0 Å². The van der Waals surface area contributed by atoms with Crippen molar-refractivity contribution in [1.29, 1.82) is 0 Å². The van der Waals surface area contributed by atoms with Gasteiger partial charge in [-0.25, -0.2) is 10.1 Å². The van der Waals surface area contributed by atoms with Gasteiger partial charge in [0.2, 0.25) is 0 Å². The highest BCUT2D eigenvalue weighted by molar-refractivity contribution is 5.44. The zero-order chi connectivity index (χ0) is 12.5. The number of nitro groups is 1. The van der Waals surface area contributed by atoms with Crippen LogP contribution in [0.1, 0.15) is 32.6 Å². The summed E-state index contributed by atoms with van der Waals surface area (Å²) in [4.78, 5) is 10.2. The average molecular weight is 238 g/mol. The van der Waals surface area contributed by atoms with Crippen LogP contribution in [0.5, 0.6) is 5.75 Å². The zero-order valence-electron chi connectivity index (χ0n) is 10.0. The predicted octanol–water partition coefficient (Wildman–Crippen LogP) is 3.25. The molecule has 0 aromatic heterocycles. The molecule has 0 amide bonds. The molecule has 0 radical (unpaired) electrons. The monoisotopic (exact) mass is 238 g/mol. The Labute approximate surface area is 101 Å². The molecule has 0 saturated heterocycles. The lowest BCUT2D eigenvalue weighted by molar-refractivity contribution is -0.445. The molecule has 0 heterocycles. The number of unbranched alkanes of at least 4 members (excludes halogenated alkanes) is 3. The van der Waals surface area contributed by atoms with Gasteiger partial charge in [-0.15, -0.1) is 5.43 Å². The fourth-order valence-corrected chi connectivity index (χ4v) is 1.45. The molecule has 0 aliphatic heterocycles. The Morgan fingerprint density at radius 1 is 1.24 bits per heavy atom. The van der Waals surface area contributed by atoms with Crippen molar-refractivity contribution in [3.63, 3.8) is 0 Å². The van der Waals surface area contributed by atoms with Gasteiger partial charge < -0.3 is 4.74 Å². The lowest BCUT2D eigenvalue weighted by Crippen LogP contribution is -2.07. The first-order valence-corrected chi connectivity index (χ1v) is 5.86. The van der Waals surface area contributed by atoms with Crippen molar-refractivity contribution < 1.29 is 9.77 Å². The molecule has 0 bridgehead atoms. The molecule has 1 N–H and O–H groups in total. The first-order valence-electron chi connectivity index (χ1n) is 5.86. The van der Waals surface area contributed by atoms with Gasteiger partial charge in [0, 0.05) is 0 Å². The minimum Gasteiger partial charge on any atom is -0.494 e. The van der Waals surface area contributed by atoms with E-state index in [2.05, 4.69) is 12.3 Å². The summed E-state index contributed by atoms with van der Waals surface area (Å²) >= 11 is 0. The van der Waals surface area contributed by atoms with Crippen LogP contribution in [0.25, 0.3) is 0 Å². The van der Waals surface area contributed by atoms with Crippen molar-refractivity contribution in [3.05, 3.63) is 34.4 Å². The number of rotatable bonds is 8. The van der Waals surface area contributed by atoms with E-state index in [-0.39, 0.29) is 0 Å². The summed E-state index contributed by atoms with van der Waals surface area (Å²) in [7, 11) is 0. The Balaban J connectivity index is 2.28. The van der Waals surface area contributed by atoms with Crippen LogP contribution < -0.4 is 10.2 Å². The van der Waals surface area contributed by atoms with Gasteiger partial charge >= 0.3 is 0 Å². The van der Waals surface area contributed by atoms with Gasteiger partial charge in [-0.2, -0.15) is 0 Å². The predicted molar refractivity (Wildman–Crippen MR) is 66.7 cm³/mol. The summed E-state index contributed by atoms with van der Waals surface area (Å²) in [6.07, 6.45) is 4.66. The van der Waals surface area contributed by atoms with E-state index in [1.54, 1.807) is 24.3 Å². The fraction of sp³-hybridized carbons (Fsp3) is 0.500. The Kier molecular flexibility index (Phi) is 5.85. The largest absolute Gasteiger partial charge is 0.494 e. The Morgan fingerprint density at radius 2 is 1.94 bits per heavy atom. The average Bonchev–Trinajstić information content (AvgIpc) is 2.30. The van der Waals surface area contributed by atoms with E-state index in [0.29, 0.717) is 12.3 Å². The maximum atomic E-state index is 10.2. The van der Waals surface area contributed by atoms with Crippen molar-refractivity contribution >= 4 is 5.69 Å². The molecule has 5 heteroatoms. The first-order chi connectivity index (χ1) is 8.22. The second-order valence-electron chi connectivity index (χ2n) is 3.80. The van der Waals surface area contributed by atoms with Crippen molar-refractivity contribution in [1.82, 2.24) is 0 Å². The second-order valence-corrected chi connectivity index (χ2v) is 3.80. The lowest BCUT2D eigenvalue weighted by atomic mass is 10.2. The van der Waals surface area contributed by atoms with E-state index in [0.717, 1.165) is 12.2 Å². The summed E-state index contributed by atoms with van der Waals surface area (Å²) in [6, 6.07) is 6.71. The SMILES string of the molecule is CCCCCCOc1ccc(N[N+](=O)[O-])cc1. The third-order valence-electron chi connectivity index (χ3n) is 2.34. The Hall–Kier alpha value is -1.78.